The average molecular weight is 395 g/mol. The minimum absolute atomic E-state index is 0.111. The molecule has 1 atom stereocenters. The summed E-state index contributed by atoms with van der Waals surface area (Å²) in [5.41, 5.74) is 1.45. The molecule has 2 rings (SSSR count). The lowest BCUT2D eigenvalue weighted by atomic mass is 9.98. The molecule has 21 heavy (non-hydrogen) atoms. The van der Waals surface area contributed by atoms with Gasteiger partial charge in [0.15, 0.2) is 11.6 Å². The quantitative estimate of drug-likeness (QED) is 0.671. The Labute approximate surface area is 140 Å². The van der Waals surface area contributed by atoms with Crippen LogP contribution in [-0.2, 0) is 6.42 Å². The molecule has 2 aromatic carbocycles. The molecule has 1 nitrogen and oxygen atoms in total. The second-order valence-corrected chi connectivity index (χ2v) is 6.10. The fourth-order valence-electron chi connectivity index (χ4n) is 2.10. The van der Waals surface area contributed by atoms with Crippen LogP contribution in [0.3, 0.4) is 0 Å². The van der Waals surface area contributed by atoms with E-state index >= 15 is 0 Å². The maximum Gasteiger partial charge on any atom is 0.173 e. The molecular formula is C15H12BrCl2F2N. The first-order valence-corrected chi connectivity index (χ1v) is 7.74. The van der Waals surface area contributed by atoms with Crippen molar-refractivity contribution in [2.45, 2.75) is 12.5 Å². The van der Waals surface area contributed by atoms with Crippen molar-refractivity contribution in [2.24, 2.45) is 0 Å². The van der Waals surface area contributed by atoms with Crippen LogP contribution in [0.1, 0.15) is 17.2 Å². The molecule has 0 saturated heterocycles. The van der Waals surface area contributed by atoms with E-state index in [-0.39, 0.29) is 10.5 Å². The van der Waals surface area contributed by atoms with Gasteiger partial charge in [-0.1, -0.05) is 41.4 Å². The van der Waals surface area contributed by atoms with E-state index in [1.54, 1.807) is 25.2 Å². The first-order chi connectivity index (χ1) is 9.95. The fourth-order valence-corrected chi connectivity index (χ4v) is 3.10. The highest BCUT2D eigenvalue weighted by Crippen LogP contribution is 2.33. The number of hydrogen-bond acceptors (Lipinski definition) is 1. The van der Waals surface area contributed by atoms with Gasteiger partial charge in [-0.15, -0.1) is 0 Å². The van der Waals surface area contributed by atoms with Crippen LogP contribution in [-0.4, -0.2) is 7.05 Å². The van der Waals surface area contributed by atoms with Crippen LogP contribution in [0, 0.1) is 11.6 Å². The molecule has 0 amide bonds. The molecule has 0 fully saturated rings. The molecule has 6 heteroatoms. The van der Waals surface area contributed by atoms with Gasteiger partial charge < -0.3 is 5.32 Å². The molecule has 0 spiro atoms. The zero-order chi connectivity index (χ0) is 15.6. The smallest absolute Gasteiger partial charge is 0.173 e. The van der Waals surface area contributed by atoms with Crippen molar-refractivity contribution in [1.29, 1.82) is 0 Å². The molecule has 1 unspecified atom stereocenters. The van der Waals surface area contributed by atoms with E-state index in [1.165, 1.54) is 0 Å². The zero-order valence-electron chi connectivity index (χ0n) is 11.1. The van der Waals surface area contributed by atoms with Crippen LogP contribution in [0.15, 0.2) is 34.8 Å². The monoisotopic (exact) mass is 393 g/mol. The Morgan fingerprint density at radius 3 is 2.57 bits per heavy atom. The first-order valence-electron chi connectivity index (χ1n) is 6.19. The maximum atomic E-state index is 13.7. The number of benzene rings is 2. The van der Waals surface area contributed by atoms with Gasteiger partial charge in [-0.2, -0.15) is 0 Å². The topological polar surface area (TPSA) is 12.0 Å². The Hall–Kier alpha value is -0.680. The Morgan fingerprint density at radius 2 is 1.90 bits per heavy atom. The molecule has 0 saturated carbocycles. The van der Waals surface area contributed by atoms with Gasteiger partial charge in [-0.25, -0.2) is 8.78 Å². The van der Waals surface area contributed by atoms with Crippen LogP contribution < -0.4 is 5.32 Å². The average Bonchev–Trinajstić information content (AvgIpc) is 2.47. The molecule has 0 radical (unpaired) electrons. The molecule has 1 N–H and O–H groups in total. The third-order valence-corrected chi connectivity index (χ3v) is 4.91. The highest BCUT2D eigenvalue weighted by Gasteiger charge is 2.19. The van der Waals surface area contributed by atoms with Gasteiger partial charge >= 0.3 is 0 Å². The van der Waals surface area contributed by atoms with E-state index in [2.05, 4.69) is 21.2 Å². The summed E-state index contributed by atoms with van der Waals surface area (Å²) >= 11 is 15.3. The van der Waals surface area contributed by atoms with Gasteiger partial charge in [-0.3, -0.25) is 0 Å². The Bertz CT molecular complexity index is 664. The fraction of sp³-hybridized carbons (Fsp3) is 0.200. The van der Waals surface area contributed by atoms with Gasteiger partial charge in [0, 0.05) is 6.04 Å². The van der Waals surface area contributed by atoms with Gasteiger partial charge in [0.25, 0.3) is 0 Å². The zero-order valence-corrected chi connectivity index (χ0v) is 14.2. The normalized spacial score (nSPS) is 12.5. The minimum Gasteiger partial charge on any atom is -0.313 e. The third kappa shape index (κ3) is 3.57. The maximum absolute atomic E-state index is 13.7. The van der Waals surface area contributed by atoms with Crippen LogP contribution in [0.25, 0.3) is 0 Å². The van der Waals surface area contributed by atoms with Crippen LogP contribution in [0.4, 0.5) is 8.78 Å². The summed E-state index contributed by atoms with van der Waals surface area (Å²) in [6.45, 7) is 0. The second-order valence-electron chi connectivity index (χ2n) is 4.52. The van der Waals surface area contributed by atoms with Gasteiger partial charge in [-0.05, 0) is 52.7 Å². The molecule has 0 bridgehead atoms. The molecule has 0 aliphatic carbocycles. The second kappa shape index (κ2) is 7.05. The van der Waals surface area contributed by atoms with Crippen molar-refractivity contribution in [3.63, 3.8) is 0 Å². The lowest BCUT2D eigenvalue weighted by Gasteiger charge is -2.19. The number of nitrogens with one attached hydrogen (secondary N) is 1. The van der Waals surface area contributed by atoms with Gasteiger partial charge in [0.1, 0.15) is 0 Å². The van der Waals surface area contributed by atoms with Crippen molar-refractivity contribution in [3.05, 3.63) is 67.6 Å². The van der Waals surface area contributed by atoms with Crippen molar-refractivity contribution in [1.82, 2.24) is 5.32 Å². The van der Waals surface area contributed by atoms with E-state index in [0.29, 0.717) is 22.0 Å². The lowest BCUT2D eigenvalue weighted by molar-refractivity contribution is 0.495. The van der Waals surface area contributed by atoms with E-state index in [9.17, 15) is 8.78 Å². The molecule has 0 heterocycles. The predicted octanol–water partition coefficient (Wildman–Crippen LogP) is 5.54. The summed E-state index contributed by atoms with van der Waals surface area (Å²) in [6, 6.07) is 7.78. The summed E-state index contributed by atoms with van der Waals surface area (Å²) in [5, 5.41) is 4.02. The molecule has 0 aliphatic rings. The SMILES string of the molecule is CNC(Cc1cccc(Cl)c1Cl)c1ccc(F)c(F)c1Br. The summed E-state index contributed by atoms with van der Waals surface area (Å²) in [7, 11) is 1.75. The number of halogens is 5. The number of likely N-dealkylation sites (N-methyl/N-ethyl adjacent to an activating group) is 1. The highest BCUT2D eigenvalue weighted by atomic mass is 79.9. The molecule has 2 aromatic rings. The highest BCUT2D eigenvalue weighted by molar-refractivity contribution is 9.10. The van der Waals surface area contributed by atoms with E-state index in [0.717, 1.165) is 11.6 Å². The number of rotatable bonds is 4. The van der Waals surface area contributed by atoms with Crippen molar-refractivity contribution >= 4 is 39.1 Å². The predicted molar refractivity (Wildman–Crippen MR) is 86.0 cm³/mol. The van der Waals surface area contributed by atoms with E-state index in [4.69, 9.17) is 23.2 Å². The molecule has 0 aliphatic heterocycles. The molecule has 112 valence electrons. The lowest BCUT2D eigenvalue weighted by Crippen LogP contribution is -2.20. The van der Waals surface area contributed by atoms with Crippen molar-refractivity contribution in [3.8, 4) is 0 Å². The Morgan fingerprint density at radius 1 is 1.19 bits per heavy atom. The van der Waals surface area contributed by atoms with Gasteiger partial charge in [0.05, 0.1) is 14.5 Å². The van der Waals surface area contributed by atoms with Crippen molar-refractivity contribution in [2.75, 3.05) is 7.05 Å². The van der Waals surface area contributed by atoms with E-state index < -0.39 is 11.6 Å². The largest absolute Gasteiger partial charge is 0.313 e. The minimum atomic E-state index is -0.898. The first kappa shape index (κ1) is 16.7. The van der Waals surface area contributed by atoms with Crippen molar-refractivity contribution < 1.29 is 8.78 Å². The van der Waals surface area contributed by atoms with Gasteiger partial charge in [0.2, 0.25) is 0 Å². The summed E-state index contributed by atoms with van der Waals surface area (Å²) in [6.07, 6.45) is 0.500. The van der Waals surface area contributed by atoms with Crippen LogP contribution in [0.5, 0.6) is 0 Å². The summed E-state index contributed by atoms with van der Waals surface area (Å²) in [4.78, 5) is 0. The number of hydrogen-bond donors (Lipinski definition) is 1. The van der Waals surface area contributed by atoms with Crippen LogP contribution in [0.2, 0.25) is 10.0 Å². The standard InChI is InChI=1S/C15H12BrCl2F2N/c1-21-12(7-8-3-2-4-10(17)14(8)18)9-5-6-11(19)15(20)13(9)16/h2-6,12,21H,7H2,1H3. The van der Waals surface area contributed by atoms with Crippen LogP contribution >= 0.6 is 39.1 Å². The Balaban J connectivity index is 2.37. The molecule has 0 aromatic heterocycles. The summed E-state index contributed by atoms with van der Waals surface area (Å²) < 4.78 is 27.0. The third-order valence-electron chi connectivity index (χ3n) is 3.24. The van der Waals surface area contributed by atoms with E-state index in [1.807, 2.05) is 6.07 Å². The Kier molecular flexibility index (Phi) is 5.60. The summed E-state index contributed by atoms with van der Waals surface area (Å²) in [5.74, 6) is -1.79. The molecular weight excluding hydrogens is 383 g/mol.